The van der Waals surface area contributed by atoms with Crippen LogP contribution in [0.3, 0.4) is 0 Å². The Morgan fingerprint density at radius 1 is 0.322 bits per heavy atom. The summed E-state index contributed by atoms with van der Waals surface area (Å²) in [6.07, 6.45) is 54.4. The second kappa shape index (κ2) is 48.6. The molecule has 0 aromatic carbocycles. The largest absolute Gasteiger partial charge is 0.462 e. The van der Waals surface area contributed by atoms with Crippen LogP contribution in [0.2, 0.25) is 0 Å². The van der Waals surface area contributed by atoms with Gasteiger partial charge in [-0.25, -0.2) is 0 Å². The maximum absolute atomic E-state index is 12.8. The maximum Gasteiger partial charge on any atom is 0.306 e. The van der Waals surface area contributed by atoms with Gasteiger partial charge in [0.15, 0.2) is 6.10 Å². The molecule has 0 aromatic heterocycles. The Balaban J connectivity index is 4.36. The van der Waals surface area contributed by atoms with Gasteiger partial charge in [-0.15, -0.1) is 0 Å². The Bertz CT molecular complexity index is 958. The summed E-state index contributed by atoms with van der Waals surface area (Å²) >= 11 is 0. The van der Waals surface area contributed by atoms with Gasteiger partial charge in [0.05, 0.1) is 0 Å². The molecule has 6 nitrogen and oxygen atoms in total. The third-order valence-corrected chi connectivity index (χ3v) is 11.4. The molecule has 0 spiro atoms. The molecule has 0 aromatic rings. The van der Waals surface area contributed by atoms with Crippen molar-refractivity contribution in [3.63, 3.8) is 0 Å². The van der Waals surface area contributed by atoms with Crippen LogP contribution in [0.1, 0.15) is 278 Å². The number of hydrogen-bond acceptors (Lipinski definition) is 6. The van der Waals surface area contributed by atoms with Gasteiger partial charge in [0.2, 0.25) is 0 Å². The van der Waals surface area contributed by atoms with Crippen molar-refractivity contribution in [2.45, 2.75) is 284 Å². The number of carbonyl (C=O) groups excluding carboxylic acids is 3. The summed E-state index contributed by atoms with van der Waals surface area (Å²) < 4.78 is 16.8. The fourth-order valence-corrected chi connectivity index (χ4v) is 7.49. The zero-order valence-corrected chi connectivity index (χ0v) is 39.5. The van der Waals surface area contributed by atoms with Crippen LogP contribution in [0, 0.1) is 0 Å². The second-order valence-electron chi connectivity index (χ2n) is 17.4. The lowest BCUT2D eigenvalue weighted by Gasteiger charge is -2.18. The molecule has 59 heavy (non-hydrogen) atoms. The molecule has 0 heterocycles. The third-order valence-electron chi connectivity index (χ3n) is 11.4. The van der Waals surface area contributed by atoms with E-state index >= 15 is 0 Å². The standard InChI is InChI=1S/C53H98O6/c1-4-7-10-13-16-19-22-25-26-29-31-34-37-40-43-46-52(55)58-49-50(59-53(56)47-44-41-38-35-32-28-24-21-18-15-12-9-6-3)48-57-51(54)45-42-39-36-33-30-27-23-20-17-14-11-8-5-2/h21,24-26,50H,4-20,22-23,27-49H2,1-3H3. The van der Waals surface area contributed by atoms with E-state index in [1.165, 1.54) is 167 Å². The Labute approximate surface area is 366 Å². The van der Waals surface area contributed by atoms with Gasteiger partial charge in [0, 0.05) is 19.3 Å². The molecule has 6 heteroatoms. The summed E-state index contributed by atoms with van der Waals surface area (Å²) in [5, 5.41) is 0. The fraction of sp³-hybridized carbons (Fsp3) is 0.868. The third kappa shape index (κ3) is 46.8. The second-order valence-corrected chi connectivity index (χ2v) is 17.4. The van der Waals surface area contributed by atoms with E-state index in [1.54, 1.807) is 0 Å². The van der Waals surface area contributed by atoms with Gasteiger partial charge < -0.3 is 14.2 Å². The van der Waals surface area contributed by atoms with E-state index in [-0.39, 0.29) is 31.1 Å². The smallest absolute Gasteiger partial charge is 0.306 e. The van der Waals surface area contributed by atoms with Gasteiger partial charge in [-0.1, -0.05) is 212 Å². The fourth-order valence-electron chi connectivity index (χ4n) is 7.49. The zero-order valence-electron chi connectivity index (χ0n) is 39.5. The molecule has 0 aliphatic rings. The van der Waals surface area contributed by atoms with E-state index in [4.69, 9.17) is 14.2 Å². The van der Waals surface area contributed by atoms with Crippen molar-refractivity contribution in [2.75, 3.05) is 13.2 Å². The van der Waals surface area contributed by atoms with Crippen molar-refractivity contribution in [3.8, 4) is 0 Å². The molecule has 0 rings (SSSR count). The van der Waals surface area contributed by atoms with Crippen molar-refractivity contribution < 1.29 is 28.6 Å². The van der Waals surface area contributed by atoms with Gasteiger partial charge >= 0.3 is 17.9 Å². The summed E-state index contributed by atoms with van der Waals surface area (Å²) in [7, 11) is 0. The Morgan fingerprint density at radius 2 is 0.559 bits per heavy atom. The van der Waals surface area contributed by atoms with E-state index in [2.05, 4.69) is 45.1 Å². The van der Waals surface area contributed by atoms with Gasteiger partial charge in [0.25, 0.3) is 0 Å². The summed E-state index contributed by atoms with van der Waals surface area (Å²) in [5.74, 6) is -0.879. The van der Waals surface area contributed by atoms with Gasteiger partial charge in [-0.05, 0) is 70.6 Å². The number of ether oxygens (including phenoxy) is 3. The van der Waals surface area contributed by atoms with Crippen molar-refractivity contribution >= 4 is 17.9 Å². The number of allylic oxidation sites excluding steroid dienone is 4. The number of carbonyl (C=O) groups is 3. The average molecular weight is 831 g/mol. The van der Waals surface area contributed by atoms with Gasteiger partial charge in [-0.2, -0.15) is 0 Å². The van der Waals surface area contributed by atoms with E-state index < -0.39 is 6.10 Å². The van der Waals surface area contributed by atoms with Gasteiger partial charge in [-0.3, -0.25) is 14.4 Å². The summed E-state index contributed by atoms with van der Waals surface area (Å²) in [6.45, 7) is 6.62. The number of esters is 3. The SMILES string of the molecule is CCCCCCC=CCCCCCCCC(=O)OC(COC(=O)CCCCCCCC=CCCCCCCCC)COC(=O)CCCCCCCCCCCCCCC. The molecule has 1 unspecified atom stereocenters. The summed E-state index contributed by atoms with van der Waals surface area (Å²) in [6, 6.07) is 0. The first kappa shape index (κ1) is 56.9. The Morgan fingerprint density at radius 3 is 0.864 bits per heavy atom. The lowest BCUT2D eigenvalue weighted by molar-refractivity contribution is -0.167. The highest BCUT2D eigenvalue weighted by atomic mass is 16.6. The zero-order chi connectivity index (χ0) is 43.0. The molecule has 346 valence electrons. The lowest BCUT2D eigenvalue weighted by Crippen LogP contribution is -2.30. The predicted octanol–water partition coefficient (Wildman–Crippen LogP) is 16.8. The quantitative estimate of drug-likeness (QED) is 0.0263. The van der Waals surface area contributed by atoms with Crippen molar-refractivity contribution in [1.29, 1.82) is 0 Å². The van der Waals surface area contributed by atoms with Crippen LogP contribution in [-0.4, -0.2) is 37.2 Å². The lowest BCUT2D eigenvalue weighted by atomic mass is 10.0. The number of rotatable bonds is 47. The van der Waals surface area contributed by atoms with Crippen LogP contribution in [0.25, 0.3) is 0 Å². The molecule has 0 radical (unpaired) electrons. The molecule has 1 atom stereocenters. The minimum atomic E-state index is -0.773. The molecule has 0 fully saturated rings. The Hall–Kier alpha value is -2.11. The minimum absolute atomic E-state index is 0.0736. The molecule has 0 aliphatic heterocycles. The van der Waals surface area contributed by atoms with Crippen LogP contribution in [0.4, 0.5) is 0 Å². The monoisotopic (exact) mass is 831 g/mol. The molecule has 0 amide bonds. The van der Waals surface area contributed by atoms with Crippen molar-refractivity contribution in [3.05, 3.63) is 24.3 Å². The first-order chi connectivity index (χ1) is 29.0. The maximum atomic E-state index is 12.8. The van der Waals surface area contributed by atoms with E-state index in [0.29, 0.717) is 19.3 Å². The molecular weight excluding hydrogens is 733 g/mol. The molecule has 0 N–H and O–H groups in total. The molecule has 0 aliphatic carbocycles. The summed E-state index contributed by atoms with van der Waals surface area (Å²) in [4.78, 5) is 37.9. The van der Waals surface area contributed by atoms with Crippen LogP contribution >= 0.6 is 0 Å². The van der Waals surface area contributed by atoms with E-state index in [0.717, 1.165) is 70.6 Å². The average Bonchev–Trinajstić information content (AvgIpc) is 3.23. The van der Waals surface area contributed by atoms with Crippen molar-refractivity contribution in [1.82, 2.24) is 0 Å². The first-order valence-electron chi connectivity index (χ1n) is 25.8. The highest BCUT2D eigenvalue weighted by molar-refractivity contribution is 5.71. The molecule has 0 bridgehead atoms. The normalized spacial score (nSPS) is 12.1. The molecule has 0 saturated heterocycles. The summed E-state index contributed by atoms with van der Waals surface area (Å²) in [5.41, 5.74) is 0. The number of unbranched alkanes of at least 4 members (excludes halogenated alkanes) is 32. The Kier molecular flexibility index (Phi) is 46.8. The topological polar surface area (TPSA) is 78.9 Å². The van der Waals surface area contributed by atoms with Crippen LogP contribution in [0.5, 0.6) is 0 Å². The van der Waals surface area contributed by atoms with Crippen LogP contribution < -0.4 is 0 Å². The minimum Gasteiger partial charge on any atom is -0.462 e. The van der Waals surface area contributed by atoms with Crippen molar-refractivity contribution in [2.24, 2.45) is 0 Å². The van der Waals surface area contributed by atoms with Gasteiger partial charge in [0.1, 0.15) is 13.2 Å². The van der Waals surface area contributed by atoms with Crippen LogP contribution in [0.15, 0.2) is 24.3 Å². The highest BCUT2D eigenvalue weighted by Crippen LogP contribution is 2.15. The van der Waals surface area contributed by atoms with E-state index in [9.17, 15) is 14.4 Å². The molecule has 0 saturated carbocycles. The van der Waals surface area contributed by atoms with E-state index in [1.807, 2.05) is 0 Å². The molecular formula is C53H98O6. The number of hydrogen-bond donors (Lipinski definition) is 0. The van der Waals surface area contributed by atoms with Crippen LogP contribution in [-0.2, 0) is 28.6 Å². The predicted molar refractivity (Wildman–Crippen MR) is 252 cm³/mol. The first-order valence-corrected chi connectivity index (χ1v) is 25.8. The highest BCUT2D eigenvalue weighted by Gasteiger charge is 2.19.